The van der Waals surface area contributed by atoms with Crippen molar-refractivity contribution in [1.29, 1.82) is 0 Å². The predicted molar refractivity (Wildman–Crippen MR) is 50.8 cm³/mol. The molecule has 1 aliphatic rings. The SMILES string of the molecule is C[C@H]1NC(=O)[C@@H]1NC(=O)OC(C)(C)C. The number of ether oxygens (including phenoxy) is 1. The van der Waals surface area contributed by atoms with E-state index in [1.165, 1.54) is 0 Å². The molecule has 0 aromatic carbocycles. The smallest absolute Gasteiger partial charge is 0.408 e. The Labute approximate surface area is 83.2 Å². The molecular formula is C9H16N2O3. The van der Waals surface area contributed by atoms with Crippen LogP contribution in [0.15, 0.2) is 0 Å². The summed E-state index contributed by atoms with van der Waals surface area (Å²) in [6.45, 7) is 7.15. The first-order valence-electron chi connectivity index (χ1n) is 4.59. The second kappa shape index (κ2) is 3.48. The Balaban J connectivity index is 2.38. The van der Waals surface area contributed by atoms with Crippen molar-refractivity contribution in [2.45, 2.75) is 45.4 Å². The van der Waals surface area contributed by atoms with E-state index in [9.17, 15) is 9.59 Å². The van der Waals surface area contributed by atoms with Crippen molar-refractivity contribution in [3.63, 3.8) is 0 Å². The third-order valence-electron chi connectivity index (χ3n) is 1.82. The lowest BCUT2D eigenvalue weighted by molar-refractivity contribution is -0.131. The van der Waals surface area contributed by atoms with Crippen LogP contribution in [-0.2, 0) is 9.53 Å². The molecule has 1 saturated heterocycles. The van der Waals surface area contributed by atoms with Crippen LogP contribution in [0.4, 0.5) is 4.79 Å². The lowest BCUT2D eigenvalue weighted by Gasteiger charge is -2.34. The number of rotatable bonds is 1. The molecule has 1 heterocycles. The molecule has 5 nitrogen and oxygen atoms in total. The molecule has 14 heavy (non-hydrogen) atoms. The van der Waals surface area contributed by atoms with Crippen LogP contribution in [0.5, 0.6) is 0 Å². The minimum absolute atomic E-state index is 0.0185. The van der Waals surface area contributed by atoms with Gasteiger partial charge in [0.25, 0.3) is 0 Å². The van der Waals surface area contributed by atoms with Crippen molar-refractivity contribution in [3.8, 4) is 0 Å². The van der Waals surface area contributed by atoms with Gasteiger partial charge in [0, 0.05) is 0 Å². The number of carbonyl (C=O) groups excluding carboxylic acids is 2. The maximum absolute atomic E-state index is 11.2. The topological polar surface area (TPSA) is 67.4 Å². The molecule has 0 bridgehead atoms. The number of amides is 2. The van der Waals surface area contributed by atoms with Crippen LogP contribution < -0.4 is 10.6 Å². The molecule has 2 N–H and O–H groups in total. The van der Waals surface area contributed by atoms with E-state index >= 15 is 0 Å². The van der Waals surface area contributed by atoms with Crippen LogP contribution in [0, 0.1) is 0 Å². The highest BCUT2D eigenvalue weighted by molar-refractivity contribution is 5.92. The lowest BCUT2D eigenvalue weighted by Crippen LogP contribution is -2.68. The van der Waals surface area contributed by atoms with Gasteiger partial charge in [0.15, 0.2) is 0 Å². The van der Waals surface area contributed by atoms with E-state index in [2.05, 4.69) is 10.6 Å². The fraction of sp³-hybridized carbons (Fsp3) is 0.778. The second-order valence-corrected chi connectivity index (χ2v) is 4.42. The Hall–Kier alpha value is -1.26. The maximum atomic E-state index is 11.2. The predicted octanol–water partition coefficient (Wildman–Crippen LogP) is 0.398. The average Bonchev–Trinajstić information content (AvgIpc) is 1.98. The highest BCUT2D eigenvalue weighted by Gasteiger charge is 2.37. The van der Waals surface area contributed by atoms with E-state index in [0.29, 0.717) is 0 Å². The minimum atomic E-state index is -0.552. The van der Waals surface area contributed by atoms with Gasteiger partial charge in [-0.15, -0.1) is 0 Å². The highest BCUT2D eigenvalue weighted by Crippen LogP contribution is 2.09. The zero-order valence-corrected chi connectivity index (χ0v) is 8.88. The van der Waals surface area contributed by atoms with Gasteiger partial charge >= 0.3 is 6.09 Å². The second-order valence-electron chi connectivity index (χ2n) is 4.42. The minimum Gasteiger partial charge on any atom is -0.444 e. The van der Waals surface area contributed by atoms with Gasteiger partial charge in [0.1, 0.15) is 11.6 Å². The molecular weight excluding hydrogens is 184 g/mol. The number of hydrogen-bond acceptors (Lipinski definition) is 3. The van der Waals surface area contributed by atoms with E-state index in [-0.39, 0.29) is 11.9 Å². The van der Waals surface area contributed by atoms with Gasteiger partial charge < -0.3 is 15.4 Å². The lowest BCUT2D eigenvalue weighted by atomic mass is 10.0. The van der Waals surface area contributed by atoms with Crippen LogP contribution in [0.1, 0.15) is 27.7 Å². The molecule has 80 valence electrons. The normalized spacial score (nSPS) is 26.1. The van der Waals surface area contributed by atoms with E-state index < -0.39 is 17.7 Å². The van der Waals surface area contributed by atoms with Crippen molar-refractivity contribution in [3.05, 3.63) is 0 Å². The third kappa shape index (κ3) is 2.61. The van der Waals surface area contributed by atoms with Crippen LogP contribution in [0.3, 0.4) is 0 Å². The highest BCUT2D eigenvalue weighted by atomic mass is 16.6. The number of β-lactam (4-membered cyclic amide) rings is 1. The molecule has 0 aliphatic carbocycles. The first kappa shape index (κ1) is 10.8. The van der Waals surface area contributed by atoms with Crippen LogP contribution in [0.2, 0.25) is 0 Å². The monoisotopic (exact) mass is 200 g/mol. The molecule has 1 rings (SSSR count). The van der Waals surface area contributed by atoms with Gasteiger partial charge in [-0.3, -0.25) is 4.79 Å². The Morgan fingerprint density at radius 1 is 1.50 bits per heavy atom. The molecule has 1 fully saturated rings. The Morgan fingerprint density at radius 2 is 2.07 bits per heavy atom. The van der Waals surface area contributed by atoms with Crippen molar-refractivity contribution in [2.24, 2.45) is 0 Å². The summed E-state index contributed by atoms with van der Waals surface area (Å²) in [4.78, 5) is 22.2. The molecule has 0 aromatic rings. The van der Waals surface area contributed by atoms with Crippen molar-refractivity contribution in [1.82, 2.24) is 10.6 Å². The summed E-state index contributed by atoms with van der Waals surface area (Å²) in [6.07, 6.45) is -0.552. The zero-order chi connectivity index (χ0) is 10.9. The van der Waals surface area contributed by atoms with Gasteiger partial charge in [0.2, 0.25) is 5.91 Å². The molecule has 0 radical (unpaired) electrons. The molecule has 5 heteroatoms. The van der Waals surface area contributed by atoms with Crippen LogP contribution in [0.25, 0.3) is 0 Å². The maximum Gasteiger partial charge on any atom is 0.408 e. The summed E-state index contributed by atoms with van der Waals surface area (Å²) in [5.41, 5.74) is -0.534. The Morgan fingerprint density at radius 3 is 2.43 bits per heavy atom. The Bertz CT molecular complexity index is 257. The molecule has 1 aliphatic heterocycles. The summed E-state index contributed by atoms with van der Waals surface area (Å²) >= 11 is 0. The number of nitrogens with one attached hydrogen (secondary N) is 2. The van der Waals surface area contributed by atoms with E-state index in [0.717, 1.165) is 0 Å². The van der Waals surface area contributed by atoms with E-state index in [4.69, 9.17) is 4.74 Å². The molecule has 2 atom stereocenters. The fourth-order valence-corrected chi connectivity index (χ4v) is 1.15. The molecule has 2 amide bonds. The van der Waals surface area contributed by atoms with Crippen molar-refractivity contribution >= 4 is 12.0 Å². The zero-order valence-electron chi connectivity index (χ0n) is 8.88. The Kier molecular flexibility index (Phi) is 2.69. The third-order valence-corrected chi connectivity index (χ3v) is 1.82. The quantitative estimate of drug-likeness (QED) is 0.602. The van der Waals surface area contributed by atoms with Gasteiger partial charge in [-0.2, -0.15) is 0 Å². The van der Waals surface area contributed by atoms with Crippen molar-refractivity contribution in [2.75, 3.05) is 0 Å². The number of hydrogen-bond donors (Lipinski definition) is 2. The first-order valence-corrected chi connectivity index (χ1v) is 4.59. The van der Waals surface area contributed by atoms with Crippen molar-refractivity contribution < 1.29 is 14.3 Å². The number of alkyl carbamates (subject to hydrolysis) is 1. The van der Waals surface area contributed by atoms with Crippen LogP contribution in [-0.4, -0.2) is 29.7 Å². The summed E-state index contributed by atoms with van der Waals surface area (Å²) < 4.78 is 5.01. The largest absolute Gasteiger partial charge is 0.444 e. The standard InChI is InChI=1S/C9H16N2O3/c1-5-6(7(12)10-5)11-8(13)14-9(2,3)4/h5-6H,1-4H3,(H,10,12)(H,11,13)/t5-,6-/m1/s1. The summed E-state index contributed by atoms with van der Waals surface area (Å²) in [5.74, 6) is -0.164. The fourth-order valence-electron chi connectivity index (χ4n) is 1.15. The number of carbonyl (C=O) groups is 2. The van der Waals surface area contributed by atoms with E-state index in [1.807, 2.05) is 6.92 Å². The molecule has 0 spiro atoms. The van der Waals surface area contributed by atoms with E-state index in [1.54, 1.807) is 20.8 Å². The van der Waals surface area contributed by atoms with Gasteiger partial charge in [0.05, 0.1) is 6.04 Å². The average molecular weight is 200 g/mol. The van der Waals surface area contributed by atoms with Gasteiger partial charge in [-0.25, -0.2) is 4.79 Å². The molecule has 0 unspecified atom stereocenters. The van der Waals surface area contributed by atoms with Gasteiger partial charge in [-0.05, 0) is 27.7 Å². The van der Waals surface area contributed by atoms with Crippen LogP contribution >= 0.6 is 0 Å². The molecule has 0 aromatic heterocycles. The first-order chi connectivity index (χ1) is 6.29. The summed E-state index contributed by atoms with van der Waals surface area (Å²) in [6, 6.07) is -0.472. The summed E-state index contributed by atoms with van der Waals surface area (Å²) in [5, 5.41) is 5.11. The van der Waals surface area contributed by atoms with Gasteiger partial charge in [-0.1, -0.05) is 0 Å². The summed E-state index contributed by atoms with van der Waals surface area (Å²) in [7, 11) is 0. The molecule has 0 saturated carbocycles.